The molecule has 134 valence electrons. The minimum absolute atomic E-state index is 0.136. The molecule has 1 aliphatic rings. The van der Waals surface area contributed by atoms with E-state index in [0.29, 0.717) is 11.3 Å². The van der Waals surface area contributed by atoms with Gasteiger partial charge in [0.1, 0.15) is 6.54 Å². The number of carbonyl (C=O) groups excluding carboxylic acids is 4. The zero-order valence-corrected chi connectivity index (χ0v) is 15.4. The average Bonchev–Trinajstić information content (AvgIpc) is 2.74. The van der Waals surface area contributed by atoms with Crippen molar-refractivity contribution in [3.63, 3.8) is 0 Å². The summed E-state index contributed by atoms with van der Waals surface area (Å²) in [7, 11) is 0. The van der Waals surface area contributed by atoms with E-state index in [1.807, 2.05) is 6.92 Å². The number of amides is 5. The van der Waals surface area contributed by atoms with Gasteiger partial charge in [0.2, 0.25) is 5.91 Å². The Bertz CT molecular complexity index is 754. The van der Waals surface area contributed by atoms with Gasteiger partial charge in [0.05, 0.1) is 20.8 Å². The molecule has 1 aliphatic heterocycles. The first-order chi connectivity index (χ1) is 11.8. The molecule has 1 aromatic rings. The number of carbonyl (C=O) groups is 4. The number of imide groups is 2. The monoisotopic (exact) mass is 405 g/mol. The summed E-state index contributed by atoms with van der Waals surface area (Å²) in [6, 6.07) is 1.89. The van der Waals surface area contributed by atoms with Crippen molar-refractivity contribution < 1.29 is 19.2 Å². The van der Waals surface area contributed by atoms with Crippen LogP contribution in [-0.4, -0.2) is 46.6 Å². The van der Waals surface area contributed by atoms with Crippen molar-refractivity contribution in [1.29, 1.82) is 0 Å². The first-order valence-corrected chi connectivity index (χ1v) is 8.51. The molecule has 0 unspecified atom stereocenters. The van der Waals surface area contributed by atoms with Gasteiger partial charge in [-0.15, -0.1) is 0 Å². The SMILES string of the molecule is CCCCN1C(=O)C(=O)N(CC(=O)Nc2cc(Cl)c(Cl)cc2Cl)C1=O. The minimum atomic E-state index is -1.03. The van der Waals surface area contributed by atoms with Crippen molar-refractivity contribution in [2.45, 2.75) is 19.8 Å². The Morgan fingerprint density at radius 2 is 1.60 bits per heavy atom. The molecule has 7 nitrogen and oxygen atoms in total. The molecule has 1 aromatic carbocycles. The molecule has 0 atom stereocenters. The zero-order chi connectivity index (χ0) is 18.7. The number of anilines is 1. The van der Waals surface area contributed by atoms with E-state index in [9.17, 15) is 19.2 Å². The standard InChI is InChI=1S/C15H14Cl3N3O4/c1-2-3-4-20-13(23)14(24)21(15(20)25)7-12(22)19-11-6-9(17)8(16)5-10(11)18/h5-6H,2-4,7H2,1H3,(H,19,22). The van der Waals surface area contributed by atoms with Gasteiger partial charge in [0.25, 0.3) is 0 Å². The van der Waals surface area contributed by atoms with Crippen LogP contribution >= 0.6 is 34.8 Å². The quantitative estimate of drug-likeness (QED) is 0.446. The lowest BCUT2D eigenvalue weighted by Gasteiger charge is -2.15. The predicted octanol–water partition coefficient (Wildman–Crippen LogP) is 3.18. The fourth-order valence-corrected chi connectivity index (χ4v) is 2.75. The van der Waals surface area contributed by atoms with Gasteiger partial charge in [-0.3, -0.25) is 19.3 Å². The van der Waals surface area contributed by atoms with Gasteiger partial charge in [-0.2, -0.15) is 0 Å². The molecule has 1 N–H and O–H groups in total. The highest BCUT2D eigenvalue weighted by atomic mass is 35.5. The van der Waals surface area contributed by atoms with Gasteiger partial charge in [-0.25, -0.2) is 9.69 Å². The highest BCUT2D eigenvalue weighted by molar-refractivity contribution is 6.45. The summed E-state index contributed by atoms with van der Waals surface area (Å²) in [5.74, 6) is -2.66. The molecule has 25 heavy (non-hydrogen) atoms. The van der Waals surface area contributed by atoms with E-state index in [1.54, 1.807) is 0 Å². The maximum Gasteiger partial charge on any atom is 0.334 e. The maximum atomic E-state index is 12.2. The third kappa shape index (κ3) is 4.23. The molecule has 0 spiro atoms. The third-order valence-corrected chi connectivity index (χ3v) is 4.49. The molecular weight excluding hydrogens is 393 g/mol. The number of nitrogens with one attached hydrogen (secondary N) is 1. The van der Waals surface area contributed by atoms with Gasteiger partial charge in [-0.1, -0.05) is 48.1 Å². The van der Waals surface area contributed by atoms with E-state index >= 15 is 0 Å². The number of unbranched alkanes of at least 4 members (excludes halogenated alkanes) is 1. The number of benzene rings is 1. The Morgan fingerprint density at radius 1 is 1.00 bits per heavy atom. The highest BCUT2D eigenvalue weighted by Gasteiger charge is 2.44. The summed E-state index contributed by atoms with van der Waals surface area (Å²) in [6.45, 7) is 1.41. The van der Waals surface area contributed by atoms with Crippen molar-refractivity contribution in [1.82, 2.24) is 9.80 Å². The van der Waals surface area contributed by atoms with Crippen molar-refractivity contribution in [3.05, 3.63) is 27.2 Å². The molecule has 2 rings (SSSR count). The number of urea groups is 1. The topological polar surface area (TPSA) is 86.8 Å². The average molecular weight is 407 g/mol. The Labute approximate surface area is 158 Å². The molecular formula is C15H14Cl3N3O4. The van der Waals surface area contributed by atoms with Crippen LogP contribution in [0.5, 0.6) is 0 Å². The zero-order valence-electron chi connectivity index (χ0n) is 13.1. The Morgan fingerprint density at radius 3 is 2.24 bits per heavy atom. The number of hydrogen-bond donors (Lipinski definition) is 1. The molecule has 5 amide bonds. The summed E-state index contributed by atoms with van der Waals surface area (Å²) in [5, 5.41) is 2.96. The van der Waals surface area contributed by atoms with E-state index in [0.717, 1.165) is 11.3 Å². The lowest BCUT2D eigenvalue weighted by atomic mass is 10.3. The van der Waals surface area contributed by atoms with Crippen molar-refractivity contribution in [2.75, 3.05) is 18.4 Å². The van der Waals surface area contributed by atoms with E-state index in [1.165, 1.54) is 12.1 Å². The van der Waals surface area contributed by atoms with Crippen molar-refractivity contribution >= 4 is 64.2 Å². The molecule has 1 heterocycles. The van der Waals surface area contributed by atoms with E-state index in [2.05, 4.69) is 5.32 Å². The van der Waals surface area contributed by atoms with Crippen LogP contribution in [0.3, 0.4) is 0 Å². The van der Waals surface area contributed by atoms with Crippen LogP contribution in [0.4, 0.5) is 10.5 Å². The number of hydrogen-bond acceptors (Lipinski definition) is 4. The fourth-order valence-electron chi connectivity index (χ4n) is 2.15. The van der Waals surface area contributed by atoms with Gasteiger partial charge < -0.3 is 5.32 Å². The smallest absolute Gasteiger partial charge is 0.323 e. The summed E-state index contributed by atoms with van der Waals surface area (Å²) < 4.78 is 0. The first kappa shape index (κ1) is 19.5. The second kappa shape index (κ2) is 8.03. The van der Waals surface area contributed by atoms with Crippen LogP contribution in [0.15, 0.2) is 12.1 Å². The van der Waals surface area contributed by atoms with E-state index in [4.69, 9.17) is 34.8 Å². The van der Waals surface area contributed by atoms with Crippen LogP contribution in [-0.2, 0) is 14.4 Å². The fraction of sp³-hybridized carbons (Fsp3) is 0.333. The summed E-state index contributed by atoms with van der Waals surface area (Å²) in [5.41, 5.74) is 0.175. The normalized spacial score (nSPS) is 14.5. The first-order valence-electron chi connectivity index (χ1n) is 7.38. The second-order valence-corrected chi connectivity index (χ2v) is 6.50. The molecule has 1 fully saturated rings. The summed E-state index contributed by atoms with van der Waals surface area (Å²) in [6.07, 6.45) is 1.32. The van der Waals surface area contributed by atoms with Crippen LogP contribution in [0.2, 0.25) is 15.1 Å². The lowest BCUT2D eigenvalue weighted by molar-refractivity contribution is -0.143. The van der Waals surface area contributed by atoms with Crippen LogP contribution in [0, 0.1) is 0 Å². The van der Waals surface area contributed by atoms with E-state index < -0.39 is 30.3 Å². The van der Waals surface area contributed by atoms with Crippen molar-refractivity contribution in [3.8, 4) is 0 Å². The number of nitrogens with zero attached hydrogens (tertiary/aromatic N) is 2. The minimum Gasteiger partial charge on any atom is -0.323 e. The second-order valence-electron chi connectivity index (χ2n) is 5.28. The lowest BCUT2D eigenvalue weighted by Crippen LogP contribution is -2.39. The van der Waals surface area contributed by atoms with Crippen LogP contribution in [0.1, 0.15) is 19.8 Å². The van der Waals surface area contributed by atoms with Gasteiger partial charge >= 0.3 is 17.8 Å². The molecule has 10 heteroatoms. The third-order valence-electron chi connectivity index (χ3n) is 3.46. The predicted molar refractivity (Wildman–Crippen MR) is 93.8 cm³/mol. The van der Waals surface area contributed by atoms with E-state index in [-0.39, 0.29) is 27.3 Å². The molecule has 0 bridgehead atoms. The van der Waals surface area contributed by atoms with Crippen LogP contribution in [0.25, 0.3) is 0 Å². The Balaban J connectivity index is 2.08. The highest BCUT2D eigenvalue weighted by Crippen LogP contribution is 2.32. The molecule has 0 aliphatic carbocycles. The van der Waals surface area contributed by atoms with Crippen molar-refractivity contribution in [2.24, 2.45) is 0 Å². The maximum absolute atomic E-state index is 12.2. The van der Waals surface area contributed by atoms with Gasteiger partial charge in [-0.05, 0) is 18.6 Å². The summed E-state index contributed by atoms with van der Waals surface area (Å²) >= 11 is 17.6. The number of rotatable bonds is 6. The Kier molecular flexibility index (Phi) is 6.26. The Hall–Kier alpha value is -1.83. The molecule has 0 radical (unpaired) electrons. The largest absolute Gasteiger partial charge is 0.334 e. The van der Waals surface area contributed by atoms with Crippen LogP contribution < -0.4 is 5.32 Å². The van der Waals surface area contributed by atoms with Gasteiger partial charge in [0.15, 0.2) is 0 Å². The summed E-state index contributed by atoms with van der Waals surface area (Å²) in [4.78, 5) is 49.4. The molecule has 1 saturated heterocycles. The number of halogens is 3. The molecule has 0 saturated carbocycles. The van der Waals surface area contributed by atoms with Gasteiger partial charge in [0, 0.05) is 6.54 Å². The molecule has 0 aromatic heterocycles.